The zero-order valence-electron chi connectivity index (χ0n) is 17.5. The van der Waals surface area contributed by atoms with E-state index in [1.807, 2.05) is 79.5 Å². The summed E-state index contributed by atoms with van der Waals surface area (Å²) in [5, 5.41) is 1.26. The van der Waals surface area contributed by atoms with Crippen LogP contribution in [0.25, 0.3) is 6.08 Å². The third-order valence-electron chi connectivity index (χ3n) is 5.54. The molecular formula is C23H29N3O3S. The molecule has 1 heterocycles. The van der Waals surface area contributed by atoms with E-state index in [0.717, 1.165) is 11.1 Å². The smallest absolute Gasteiger partial charge is 0.236 e. The predicted molar refractivity (Wildman–Crippen MR) is 120 cm³/mol. The largest absolute Gasteiger partial charge is 0.338 e. The van der Waals surface area contributed by atoms with E-state index in [1.165, 1.54) is 9.71 Å². The normalized spacial score (nSPS) is 17.1. The Morgan fingerprint density at radius 3 is 2.17 bits per heavy atom. The Morgan fingerprint density at radius 2 is 1.57 bits per heavy atom. The molecule has 0 unspecified atom stereocenters. The van der Waals surface area contributed by atoms with E-state index in [1.54, 1.807) is 11.0 Å². The monoisotopic (exact) mass is 427 g/mol. The number of benzene rings is 2. The van der Waals surface area contributed by atoms with Gasteiger partial charge in [-0.15, -0.1) is 0 Å². The van der Waals surface area contributed by atoms with E-state index >= 15 is 0 Å². The van der Waals surface area contributed by atoms with Gasteiger partial charge in [-0.2, -0.15) is 4.31 Å². The minimum absolute atomic E-state index is 0.0107. The van der Waals surface area contributed by atoms with E-state index in [4.69, 9.17) is 0 Å². The number of sulfonamides is 1. The Morgan fingerprint density at radius 1 is 1.00 bits per heavy atom. The molecule has 30 heavy (non-hydrogen) atoms. The molecule has 0 saturated carbocycles. The van der Waals surface area contributed by atoms with Gasteiger partial charge in [0, 0.05) is 38.6 Å². The van der Waals surface area contributed by atoms with Gasteiger partial charge in [0.25, 0.3) is 0 Å². The molecule has 7 heteroatoms. The number of carbonyl (C=O) groups excluding carboxylic acids is 1. The lowest BCUT2D eigenvalue weighted by atomic mass is 10.1. The summed E-state index contributed by atoms with van der Waals surface area (Å²) < 4.78 is 26.7. The van der Waals surface area contributed by atoms with Crippen molar-refractivity contribution in [2.24, 2.45) is 0 Å². The van der Waals surface area contributed by atoms with Gasteiger partial charge in [0.1, 0.15) is 0 Å². The molecule has 1 aliphatic rings. The van der Waals surface area contributed by atoms with Crippen LogP contribution in [-0.4, -0.2) is 68.2 Å². The maximum atomic E-state index is 12.7. The van der Waals surface area contributed by atoms with Gasteiger partial charge in [0.05, 0.1) is 12.6 Å². The molecule has 0 aliphatic carbocycles. The summed E-state index contributed by atoms with van der Waals surface area (Å²) >= 11 is 0. The van der Waals surface area contributed by atoms with Crippen LogP contribution in [0.1, 0.15) is 24.1 Å². The van der Waals surface area contributed by atoms with Crippen molar-refractivity contribution in [3.8, 4) is 0 Å². The highest BCUT2D eigenvalue weighted by Crippen LogP contribution is 2.19. The third kappa shape index (κ3) is 5.78. The molecule has 0 aromatic heterocycles. The highest BCUT2D eigenvalue weighted by molar-refractivity contribution is 7.92. The molecule has 0 bridgehead atoms. The summed E-state index contributed by atoms with van der Waals surface area (Å²) in [6.45, 7) is 4.15. The summed E-state index contributed by atoms with van der Waals surface area (Å²) in [7, 11) is -1.65. The van der Waals surface area contributed by atoms with Crippen molar-refractivity contribution >= 4 is 22.0 Å². The van der Waals surface area contributed by atoms with Gasteiger partial charge in [-0.3, -0.25) is 9.69 Å². The maximum absolute atomic E-state index is 12.7. The minimum atomic E-state index is -3.47. The van der Waals surface area contributed by atoms with Crippen LogP contribution in [0.2, 0.25) is 0 Å². The van der Waals surface area contributed by atoms with Crippen LogP contribution < -0.4 is 0 Å². The van der Waals surface area contributed by atoms with Crippen molar-refractivity contribution < 1.29 is 13.2 Å². The number of piperazine rings is 1. The van der Waals surface area contributed by atoms with Crippen LogP contribution in [0.5, 0.6) is 0 Å². The Labute approximate surface area is 179 Å². The van der Waals surface area contributed by atoms with Crippen molar-refractivity contribution in [2.75, 3.05) is 39.8 Å². The topological polar surface area (TPSA) is 60.9 Å². The number of likely N-dealkylation sites (N-methyl/N-ethyl adjacent to an activating group) is 1. The molecule has 0 spiro atoms. The SMILES string of the molecule is C[C@@H](c1ccccc1)N(C)C(=O)CN1CCN(S(=O)(=O)/C=C/c2ccccc2)CC1. The number of hydrogen-bond donors (Lipinski definition) is 0. The number of amides is 1. The summed E-state index contributed by atoms with van der Waals surface area (Å²) in [6.07, 6.45) is 1.62. The van der Waals surface area contributed by atoms with Crippen LogP contribution >= 0.6 is 0 Å². The van der Waals surface area contributed by atoms with Crippen LogP contribution in [0.4, 0.5) is 0 Å². The molecule has 160 valence electrons. The fraction of sp³-hybridized carbons (Fsp3) is 0.348. The summed E-state index contributed by atoms with van der Waals surface area (Å²) in [5.41, 5.74) is 1.94. The predicted octanol–water partition coefficient (Wildman–Crippen LogP) is 2.82. The summed E-state index contributed by atoms with van der Waals surface area (Å²) in [5.74, 6) is 0.0339. The fourth-order valence-electron chi connectivity index (χ4n) is 3.43. The quantitative estimate of drug-likeness (QED) is 0.682. The molecule has 2 aromatic carbocycles. The molecule has 6 nitrogen and oxygen atoms in total. The van der Waals surface area contributed by atoms with E-state index in [9.17, 15) is 13.2 Å². The molecule has 0 radical (unpaired) electrons. The van der Waals surface area contributed by atoms with Crippen molar-refractivity contribution in [3.63, 3.8) is 0 Å². The van der Waals surface area contributed by atoms with Crippen molar-refractivity contribution in [3.05, 3.63) is 77.2 Å². The Kier molecular flexibility index (Phi) is 7.42. The minimum Gasteiger partial charge on any atom is -0.338 e. The van der Waals surface area contributed by atoms with Crippen molar-refractivity contribution in [1.82, 2.24) is 14.1 Å². The van der Waals surface area contributed by atoms with Crippen LogP contribution in [0.15, 0.2) is 66.1 Å². The second-order valence-electron chi connectivity index (χ2n) is 7.52. The fourth-order valence-corrected chi connectivity index (χ4v) is 4.60. The van der Waals surface area contributed by atoms with Crippen LogP contribution in [0, 0.1) is 0 Å². The first-order valence-electron chi connectivity index (χ1n) is 10.1. The van der Waals surface area contributed by atoms with Gasteiger partial charge in [0.15, 0.2) is 0 Å². The molecular weight excluding hydrogens is 398 g/mol. The zero-order valence-corrected chi connectivity index (χ0v) is 18.3. The lowest BCUT2D eigenvalue weighted by Crippen LogP contribution is -2.50. The van der Waals surface area contributed by atoms with E-state index < -0.39 is 10.0 Å². The molecule has 1 fully saturated rings. The molecule has 1 amide bonds. The maximum Gasteiger partial charge on any atom is 0.236 e. The number of carbonyl (C=O) groups is 1. The van der Waals surface area contributed by atoms with Crippen LogP contribution in [0.3, 0.4) is 0 Å². The highest BCUT2D eigenvalue weighted by Gasteiger charge is 2.27. The number of hydrogen-bond acceptors (Lipinski definition) is 4. The third-order valence-corrected chi connectivity index (χ3v) is 7.10. The van der Waals surface area contributed by atoms with E-state index in [0.29, 0.717) is 32.7 Å². The van der Waals surface area contributed by atoms with Gasteiger partial charge >= 0.3 is 0 Å². The second-order valence-corrected chi connectivity index (χ2v) is 9.34. The molecule has 3 rings (SSSR count). The Balaban J connectivity index is 1.51. The first kappa shape index (κ1) is 22.2. The lowest BCUT2D eigenvalue weighted by molar-refractivity contribution is -0.133. The molecule has 0 N–H and O–H groups in total. The average molecular weight is 428 g/mol. The summed E-state index contributed by atoms with van der Waals surface area (Å²) in [6, 6.07) is 19.3. The number of nitrogens with zero attached hydrogens (tertiary/aromatic N) is 3. The molecule has 1 atom stereocenters. The Hall–Kier alpha value is -2.48. The van der Waals surface area contributed by atoms with Gasteiger partial charge in [0.2, 0.25) is 15.9 Å². The first-order valence-corrected chi connectivity index (χ1v) is 11.6. The standard InChI is InChI=1S/C23H29N3O3S/c1-20(22-11-7-4-8-12-22)24(2)23(27)19-25-14-16-26(17-15-25)30(28,29)18-13-21-9-5-3-6-10-21/h3-13,18,20H,14-17,19H2,1-2H3/b18-13+/t20-/m0/s1. The zero-order chi connectivity index (χ0) is 21.6. The van der Waals surface area contributed by atoms with Crippen molar-refractivity contribution in [1.29, 1.82) is 0 Å². The van der Waals surface area contributed by atoms with Crippen molar-refractivity contribution in [2.45, 2.75) is 13.0 Å². The van der Waals surface area contributed by atoms with E-state index in [2.05, 4.69) is 0 Å². The summed E-state index contributed by atoms with van der Waals surface area (Å²) in [4.78, 5) is 16.5. The van der Waals surface area contributed by atoms with Crippen LogP contribution in [-0.2, 0) is 14.8 Å². The molecule has 1 aliphatic heterocycles. The van der Waals surface area contributed by atoms with Gasteiger partial charge < -0.3 is 4.90 Å². The molecule has 2 aromatic rings. The first-order chi connectivity index (χ1) is 14.4. The Bertz CT molecular complexity index is 954. The molecule has 1 saturated heterocycles. The van der Waals surface area contributed by atoms with E-state index in [-0.39, 0.29) is 11.9 Å². The van der Waals surface area contributed by atoms with Gasteiger partial charge in [-0.25, -0.2) is 8.42 Å². The lowest BCUT2D eigenvalue weighted by Gasteiger charge is -2.34. The highest BCUT2D eigenvalue weighted by atomic mass is 32.2. The average Bonchev–Trinajstić information content (AvgIpc) is 2.78. The number of rotatable bonds is 7. The second kappa shape index (κ2) is 10.0. The van der Waals surface area contributed by atoms with Gasteiger partial charge in [-0.05, 0) is 24.1 Å². The van der Waals surface area contributed by atoms with Gasteiger partial charge in [-0.1, -0.05) is 60.7 Å².